The highest BCUT2D eigenvalue weighted by atomic mass is 16.3. The predicted molar refractivity (Wildman–Crippen MR) is 201 cm³/mol. The van der Waals surface area contributed by atoms with E-state index >= 15 is 0 Å². The van der Waals surface area contributed by atoms with Crippen molar-refractivity contribution in [2.75, 3.05) is 77.4 Å². The van der Waals surface area contributed by atoms with Crippen LogP contribution in [0.5, 0.6) is 5.75 Å². The van der Waals surface area contributed by atoms with Crippen LogP contribution < -0.4 is 27.0 Å². The number of hydrogen-bond donors (Lipinski definition) is 5. The molecule has 2 aromatic rings. The first-order valence-corrected chi connectivity index (χ1v) is 18.8. The summed E-state index contributed by atoms with van der Waals surface area (Å²) in [6.07, 6.45) is 5.67. The van der Waals surface area contributed by atoms with Gasteiger partial charge in [-0.15, -0.1) is 0 Å². The van der Waals surface area contributed by atoms with Gasteiger partial charge in [0.1, 0.15) is 23.9 Å². The molecular formula is C39H53N9O4. The van der Waals surface area contributed by atoms with E-state index in [4.69, 9.17) is 11.5 Å². The molecule has 13 nitrogen and oxygen atoms in total. The molecule has 13 heteroatoms. The number of hydrogen-bond acceptors (Lipinski definition) is 11. The van der Waals surface area contributed by atoms with Crippen LogP contribution in [0, 0.1) is 11.8 Å². The van der Waals surface area contributed by atoms with Gasteiger partial charge < -0.3 is 51.6 Å². The van der Waals surface area contributed by atoms with Crippen LogP contribution >= 0.6 is 0 Å². The van der Waals surface area contributed by atoms with Crippen molar-refractivity contribution in [1.29, 1.82) is 0 Å². The van der Waals surface area contributed by atoms with Gasteiger partial charge in [0.15, 0.2) is 0 Å². The molecule has 2 atom stereocenters. The number of phenolic OH excluding ortho intramolecular Hbond substituents is 1. The third-order valence-corrected chi connectivity index (χ3v) is 11.7. The number of carbonyl (C=O) groups is 3. The van der Waals surface area contributed by atoms with E-state index in [9.17, 15) is 19.5 Å². The summed E-state index contributed by atoms with van der Waals surface area (Å²) in [7, 11) is 1.56. The van der Waals surface area contributed by atoms with E-state index in [1.54, 1.807) is 24.1 Å². The largest absolute Gasteiger partial charge is 0.507 e. The number of phenols is 1. The van der Waals surface area contributed by atoms with Crippen LogP contribution in [0.15, 0.2) is 60.1 Å². The standard InChI is InChI=1S/C39H53N9O4/c1-42-38(51)34(6-4-16-49)48-24-28-8-9-29(17-32(28)39(48)52)46-22-27(23-46)21-44-12-10-26(11-13-44)20-45-14-15-47-30(25-45)19-43-37(41)35(47)18-33(40)31-5-2-3-7-36(31)50/h2-3,5,7-9,16-18,26-27,30,34,43,50H,4,6,10-15,19-25,40-41H2,1H3,(H,42,51)/b33-18-. The average molecular weight is 712 g/mol. The van der Waals surface area contributed by atoms with E-state index in [1.807, 2.05) is 30.3 Å². The van der Waals surface area contributed by atoms with Crippen LogP contribution in [0.2, 0.25) is 0 Å². The Hall–Kier alpha value is -4.75. The Morgan fingerprint density at radius 2 is 1.81 bits per heavy atom. The third-order valence-electron chi connectivity index (χ3n) is 11.7. The van der Waals surface area contributed by atoms with Crippen LogP contribution in [-0.4, -0.2) is 127 Å². The summed E-state index contributed by atoms with van der Waals surface area (Å²) in [4.78, 5) is 48.4. The lowest BCUT2D eigenvalue weighted by Crippen LogP contribution is -2.60. The molecule has 5 heterocycles. The van der Waals surface area contributed by atoms with Crippen molar-refractivity contribution < 1.29 is 19.5 Å². The van der Waals surface area contributed by atoms with E-state index in [0.717, 1.165) is 88.7 Å². The Kier molecular flexibility index (Phi) is 10.6. The second-order valence-corrected chi connectivity index (χ2v) is 15.1. The van der Waals surface area contributed by atoms with Crippen LogP contribution in [0.25, 0.3) is 5.70 Å². The number of amides is 2. The van der Waals surface area contributed by atoms with Crippen molar-refractivity contribution in [3.05, 3.63) is 76.7 Å². The number of anilines is 1. The molecule has 2 amide bonds. The molecule has 2 unspecified atom stereocenters. The number of piperidine rings is 1. The number of aromatic hydroxyl groups is 1. The summed E-state index contributed by atoms with van der Waals surface area (Å²) in [5.41, 5.74) is 17.5. The van der Waals surface area contributed by atoms with Gasteiger partial charge >= 0.3 is 0 Å². The van der Waals surface area contributed by atoms with Gasteiger partial charge in [0.25, 0.3) is 5.91 Å². The summed E-state index contributed by atoms with van der Waals surface area (Å²) < 4.78 is 0. The molecule has 7 rings (SSSR count). The number of fused-ring (bicyclic) bond motifs is 2. The summed E-state index contributed by atoms with van der Waals surface area (Å²) in [6.45, 7) is 10.5. The minimum atomic E-state index is -0.646. The fourth-order valence-electron chi connectivity index (χ4n) is 8.71. The molecule has 0 spiro atoms. The number of nitrogens with two attached hydrogens (primary N) is 2. The summed E-state index contributed by atoms with van der Waals surface area (Å²) in [5, 5.41) is 16.3. The van der Waals surface area contributed by atoms with E-state index < -0.39 is 6.04 Å². The van der Waals surface area contributed by atoms with Crippen molar-refractivity contribution in [3.63, 3.8) is 0 Å². The molecule has 0 radical (unpaired) electrons. The number of carbonyl (C=O) groups excluding carboxylic acids is 3. The van der Waals surface area contributed by atoms with Gasteiger partial charge in [0, 0.05) is 101 Å². The quantitative estimate of drug-likeness (QED) is 0.202. The maximum atomic E-state index is 13.4. The normalized spacial score (nSPS) is 22.5. The molecule has 5 aliphatic heterocycles. The second-order valence-electron chi connectivity index (χ2n) is 15.1. The Morgan fingerprint density at radius 1 is 1.04 bits per heavy atom. The summed E-state index contributed by atoms with van der Waals surface area (Å²) in [6, 6.07) is 12.9. The lowest BCUT2D eigenvalue weighted by molar-refractivity contribution is -0.125. The molecule has 52 heavy (non-hydrogen) atoms. The lowest BCUT2D eigenvalue weighted by Gasteiger charge is -2.47. The molecular weight excluding hydrogens is 658 g/mol. The minimum absolute atomic E-state index is 0.136. The smallest absolute Gasteiger partial charge is 0.255 e. The van der Waals surface area contributed by atoms with Crippen LogP contribution in [-0.2, 0) is 16.1 Å². The van der Waals surface area contributed by atoms with Crippen molar-refractivity contribution in [2.24, 2.45) is 23.3 Å². The number of allylic oxidation sites excluding steroid dienone is 1. The molecule has 2 aromatic carbocycles. The van der Waals surface area contributed by atoms with Crippen LogP contribution in [0.3, 0.4) is 0 Å². The fourth-order valence-corrected chi connectivity index (χ4v) is 8.71. The first-order valence-electron chi connectivity index (χ1n) is 18.8. The molecule has 7 N–H and O–H groups in total. The first-order chi connectivity index (χ1) is 25.2. The zero-order chi connectivity index (χ0) is 36.4. The monoisotopic (exact) mass is 711 g/mol. The number of aldehydes is 1. The molecule has 0 bridgehead atoms. The second kappa shape index (κ2) is 15.5. The number of para-hydroxylation sites is 1. The van der Waals surface area contributed by atoms with E-state index in [2.05, 4.69) is 36.3 Å². The predicted octanol–water partition coefficient (Wildman–Crippen LogP) is 1.31. The molecule has 5 aliphatic rings. The van der Waals surface area contributed by atoms with E-state index in [-0.39, 0.29) is 24.0 Å². The summed E-state index contributed by atoms with van der Waals surface area (Å²) in [5.74, 6) is 1.71. The first kappa shape index (κ1) is 35.6. The van der Waals surface area contributed by atoms with Crippen molar-refractivity contribution in [3.8, 4) is 5.75 Å². The van der Waals surface area contributed by atoms with E-state index in [0.29, 0.717) is 53.5 Å². The van der Waals surface area contributed by atoms with Gasteiger partial charge in [-0.3, -0.25) is 14.5 Å². The zero-order valence-corrected chi connectivity index (χ0v) is 30.2. The molecule has 0 aromatic heterocycles. The minimum Gasteiger partial charge on any atom is -0.507 e. The number of piperazine rings is 1. The Bertz CT molecular complexity index is 1710. The maximum Gasteiger partial charge on any atom is 0.255 e. The molecule has 0 aliphatic carbocycles. The molecule has 3 fully saturated rings. The van der Waals surface area contributed by atoms with Gasteiger partial charge in [-0.05, 0) is 74.2 Å². The Balaban J connectivity index is 0.850. The van der Waals surface area contributed by atoms with Gasteiger partial charge in [0.05, 0.1) is 11.7 Å². The highest BCUT2D eigenvalue weighted by molar-refractivity contribution is 6.02. The molecule has 0 saturated carbocycles. The number of likely N-dealkylation sites (tertiary alicyclic amines) is 1. The fraction of sp³-hybridized carbons (Fsp3) is 0.513. The number of nitrogens with one attached hydrogen (secondary N) is 2. The average Bonchev–Trinajstić information content (AvgIpc) is 3.46. The zero-order valence-electron chi connectivity index (χ0n) is 30.2. The number of likely N-dealkylation sites (N-methyl/N-ethyl adjacent to an activating group) is 1. The Labute approximate surface area is 306 Å². The maximum absolute atomic E-state index is 13.4. The van der Waals surface area contributed by atoms with Crippen molar-refractivity contribution in [2.45, 2.75) is 44.3 Å². The molecule has 278 valence electrons. The van der Waals surface area contributed by atoms with Gasteiger partial charge in [-0.2, -0.15) is 0 Å². The van der Waals surface area contributed by atoms with Gasteiger partial charge in [-0.25, -0.2) is 0 Å². The highest BCUT2D eigenvalue weighted by Gasteiger charge is 2.38. The number of rotatable bonds is 12. The topological polar surface area (TPSA) is 164 Å². The van der Waals surface area contributed by atoms with Crippen LogP contribution in [0.1, 0.15) is 47.2 Å². The third kappa shape index (κ3) is 7.42. The van der Waals surface area contributed by atoms with Crippen molar-refractivity contribution in [1.82, 2.24) is 30.2 Å². The van der Waals surface area contributed by atoms with E-state index in [1.165, 1.54) is 12.8 Å². The Morgan fingerprint density at radius 3 is 2.56 bits per heavy atom. The molecule has 3 saturated heterocycles. The van der Waals surface area contributed by atoms with Crippen LogP contribution in [0.4, 0.5) is 5.69 Å². The number of benzene rings is 2. The SMILES string of the molecule is CNC(=O)C(CCC=O)N1Cc2ccc(N3CC(CN4CCC(CN5CCN6C(/C=C(\N)c7ccccc7O)=C(N)NCC6C5)CC4)C3)cc2C1=O. The lowest BCUT2D eigenvalue weighted by atomic mass is 9.92. The van der Waals surface area contributed by atoms with Gasteiger partial charge in [0.2, 0.25) is 5.91 Å². The van der Waals surface area contributed by atoms with Crippen molar-refractivity contribution >= 4 is 29.5 Å². The number of nitrogens with zero attached hydrogens (tertiary/aromatic N) is 5. The summed E-state index contributed by atoms with van der Waals surface area (Å²) >= 11 is 0. The van der Waals surface area contributed by atoms with Gasteiger partial charge in [-0.1, -0.05) is 18.2 Å². The highest BCUT2D eigenvalue weighted by Crippen LogP contribution is 2.34.